The van der Waals surface area contributed by atoms with Gasteiger partial charge in [-0.25, -0.2) is 10.0 Å². The normalized spacial score (nSPS) is 18.3. The SMILES string of the molecule is CC.CON(C)C(=O)CCc1cnc2n1C(c1ccccc1)C(C)C2. The zero-order chi connectivity index (χ0) is 18.4. The molecule has 3 rings (SSSR count). The fourth-order valence-corrected chi connectivity index (χ4v) is 3.39. The number of amides is 1. The van der Waals surface area contributed by atoms with Crippen LogP contribution in [0.2, 0.25) is 0 Å². The van der Waals surface area contributed by atoms with E-state index in [1.807, 2.05) is 26.1 Å². The summed E-state index contributed by atoms with van der Waals surface area (Å²) < 4.78 is 2.32. The molecular formula is C20H29N3O2. The van der Waals surface area contributed by atoms with Crippen molar-refractivity contribution in [2.45, 2.75) is 46.1 Å². The molecule has 0 saturated carbocycles. The molecule has 0 aliphatic carbocycles. The average molecular weight is 343 g/mol. The van der Waals surface area contributed by atoms with E-state index in [2.05, 4.69) is 40.7 Å². The molecular weight excluding hydrogens is 314 g/mol. The number of nitrogens with zero attached hydrogens (tertiary/aromatic N) is 3. The molecule has 2 unspecified atom stereocenters. The minimum Gasteiger partial charge on any atom is -0.324 e. The molecule has 1 aromatic heterocycles. The highest BCUT2D eigenvalue weighted by atomic mass is 16.7. The van der Waals surface area contributed by atoms with Crippen LogP contribution in [0.3, 0.4) is 0 Å². The molecule has 0 spiro atoms. The second kappa shape index (κ2) is 8.81. The van der Waals surface area contributed by atoms with Crippen LogP contribution in [0.15, 0.2) is 36.5 Å². The molecule has 0 radical (unpaired) electrons. The fraction of sp³-hybridized carbons (Fsp3) is 0.500. The molecule has 0 saturated heterocycles. The third-order valence-electron chi connectivity index (χ3n) is 4.63. The van der Waals surface area contributed by atoms with Gasteiger partial charge in [0.2, 0.25) is 5.91 Å². The summed E-state index contributed by atoms with van der Waals surface area (Å²) in [6.45, 7) is 6.26. The van der Waals surface area contributed by atoms with E-state index < -0.39 is 0 Å². The molecule has 1 aliphatic heterocycles. The third kappa shape index (κ3) is 4.10. The first-order valence-corrected chi connectivity index (χ1v) is 9.02. The van der Waals surface area contributed by atoms with E-state index in [9.17, 15) is 4.79 Å². The second-order valence-corrected chi connectivity index (χ2v) is 6.15. The molecule has 2 atom stereocenters. The maximum atomic E-state index is 12.0. The Labute approximate surface area is 150 Å². The maximum absolute atomic E-state index is 12.0. The quantitative estimate of drug-likeness (QED) is 0.779. The topological polar surface area (TPSA) is 47.4 Å². The Morgan fingerprint density at radius 2 is 2.00 bits per heavy atom. The van der Waals surface area contributed by atoms with Gasteiger partial charge in [-0.3, -0.25) is 9.63 Å². The summed E-state index contributed by atoms with van der Waals surface area (Å²) in [5, 5.41) is 1.28. The van der Waals surface area contributed by atoms with Gasteiger partial charge in [-0.1, -0.05) is 51.1 Å². The highest BCUT2D eigenvalue weighted by Gasteiger charge is 2.33. The lowest BCUT2D eigenvalue weighted by molar-refractivity contribution is -0.168. The average Bonchev–Trinajstić information content (AvgIpc) is 3.19. The summed E-state index contributed by atoms with van der Waals surface area (Å²) in [5.41, 5.74) is 2.43. The van der Waals surface area contributed by atoms with Crippen molar-refractivity contribution < 1.29 is 9.63 Å². The zero-order valence-electron chi connectivity index (χ0n) is 15.9. The van der Waals surface area contributed by atoms with Crippen molar-refractivity contribution in [1.82, 2.24) is 14.6 Å². The van der Waals surface area contributed by atoms with Crippen molar-refractivity contribution in [2.24, 2.45) is 5.92 Å². The van der Waals surface area contributed by atoms with Gasteiger partial charge in [-0.05, 0) is 17.9 Å². The lowest BCUT2D eigenvalue weighted by Crippen LogP contribution is -2.26. The van der Waals surface area contributed by atoms with Crippen LogP contribution in [0, 0.1) is 5.92 Å². The first kappa shape index (κ1) is 19.2. The lowest BCUT2D eigenvalue weighted by Gasteiger charge is -2.21. The number of imidazole rings is 1. The van der Waals surface area contributed by atoms with E-state index in [0.717, 1.165) is 17.9 Å². The Morgan fingerprint density at radius 1 is 1.32 bits per heavy atom. The third-order valence-corrected chi connectivity index (χ3v) is 4.63. The standard InChI is InChI=1S/C18H23N3O2.C2H6/c1-13-11-16-19-12-15(9-10-17(22)20(2)23-3)21(16)18(13)14-7-5-4-6-8-14;1-2/h4-8,12-13,18H,9-11H2,1-3H3;1-2H3. The Hall–Kier alpha value is -2.14. The minimum absolute atomic E-state index is 0.0228. The molecule has 1 amide bonds. The van der Waals surface area contributed by atoms with Gasteiger partial charge in [0.15, 0.2) is 0 Å². The number of hydroxylamine groups is 2. The number of aryl methyl sites for hydroxylation is 1. The zero-order valence-corrected chi connectivity index (χ0v) is 15.9. The van der Waals surface area contributed by atoms with Gasteiger partial charge in [0.1, 0.15) is 5.82 Å². The van der Waals surface area contributed by atoms with Gasteiger partial charge in [0, 0.05) is 31.8 Å². The lowest BCUT2D eigenvalue weighted by atomic mass is 9.95. The Balaban J connectivity index is 0.00000109. The number of hydrogen-bond donors (Lipinski definition) is 0. The van der Waals surface area contributed by atoms with E-state index in [1.54, 1.807) is 7.05 Å². The molecule has 0 fully saturated rings. The van der Waals surface area contributed by atoms with Gasteiger partial charge < -0.3 is 4.57 Å². The van der Waals surface area contributed by atoms with Crippen LogP contribution in [-0.2, 0) is 22.5 Å². The Morgan fingerprint density at radius 3 is 2.64 bits per heavy atom. The minimum atomic E-state index is -0.0228. The molecule has 5 heteroatoms. The highest BCUT2D eigenvalue weighted by Crippen LogP contribution is 2.37. The number of aromatic nitrogens is 2. The number of carbonyl (C=O) groups excluding carboxylic acids is 1. The van der Waals surface area contributed by atoms with E-state index >= 15 is 0 Å². The van der Waals surface area contributed by atoms with Crippen molar-refractivity contribution in [2.75, 3.05) is 14.2 Å². The van der Waals surface area contributed by atoms with Gasteiger partial charge in [-0.15, -0.1) is 0 Å². The smallest absolute Gasteiger partial charge is 0.246 e. The van der Waals surface area contributed by atoms with Gasteiger partial charge >= 0.3 is 0 Å². The van der Waals surface area contributed by atoms with Gasteiger partial charge in [0.25, 0.3) is 0 Å². The first-order valence-electron chi connectivity index (χ1n) is 9.02. The maximum Gasteiger partial charge on any atom is 0.246 e. The van der Waals surface area contributed by atoms with Crippen LogP contribution in [0.1, 0.15) is 50.3 Å². The van der Waals surface area contributed by atoms with Crippen LogP contribution in [0.4, 0.5) is 0 Å². The number of benzene rings is 1. The van der Waals surface area contributed by atoms with Crippen molar-refractivity contribution >= 4 is 5.91 Å². The van der Waals surface area contributed by atoms with Crippen LogP contribution >= 0.6 is 0 Å². The molecule has 5 nitrogen and oxygen atoms in total. The predicted octanol–water partition coefficient (Wildman–Crippen LogP) is 3.64. The summed E-state index contributed by atoms with van der Waals surface area (Å²) >= 11 is 0. The highest BCUT2D eigenvalue weighted by molar-refractivity contribution is 5.74. The summed E-state index contributed by atoms with van der Waals surface area (Å²) in [6, 6.07) is 10.8. The second-order valence-electron chi connectivity index (χ2n) is 6.15. The predicted molar refractivity (Wildman–Crippen MR) is 99.1 cm³/mol. The largest absolute Gasteiger partial charge is 0.324 e. The molecule has 1 aliphatic rings. The summed E-state index contributed by atoms with van der Waals surface area (Å²) in [6.07, 6.45) is 3.99. The molecule has 2 aromatic rings. The van der Waals surface area contributed by atoms with Crippen molar-refractivity contribution in [3.05, 3.63) is 53.6 Å². The van der Waals surface area contributed by atoms with Crippen LogP contribution in [-0.4, -0.2) is 34.7 Å². The first-order chi connectivity index (χ1) is 12.1. The van der Waals surface area contributed by atoms with E-state index in [0.29, 0.717) is 24.8 Å². The number of fused-ring (bicyclic) bond motifs is 1. The number of hydrogen-bond acceptors (Lipinski definition) is 3. The van der Waals surface area contributed by atoms with Crippen molar-refractivity contribution in [3.63, 3.8) is 0 Å². The molecule has 25 heavy (non-hydrogen) atoms. The van der Waals surface area contributed by atoms with Crippen LogP contribution < -0.4 is 0 Å². The fourth-order valence-electron chi connectivity index (χ4n) is 3.39. The molecule has 1 aromatic carbocycles. The van der Waals surface area contributed by atoms with Crippen molar-refractivity contribution in [3.8, 4) is 0 Å². The Bertz CT molecular complexity index is 682. The molecule has 0 N–H and O–H groups in total. The summed E-state index contributed by atoms with van der Waals surface area (Å²) in [4.78, 5) is 21.5. The van der Waals surface area contributed by atoms with Crippen LogP contribution in [0.25, 0.3) is 0 Å². The summed E-state index contributed by atoms with van der Waals surface area (Å²) in [5.74, 6) is 1.61. The van der Waals surface area contributed by atoms with Crippen LogP contribution in [0.5, 0.6) is 0 Å². The van der Waals surface area contributed by atoms with E-state index in [4.69, 9.17) is 4.84 Å². The number of carbonyl (C=O) groups is 1. The molecule has 2 heterocycles. The monoisotopic (exact) mass is 343 g/mol. The van der Waals surface area contributed by atoms with Gasteiger partial charge in [0.05, 0.1) is 13.2 Å². The van der Waals surface area contributed by atoms with Gasteiger partial charge in [-0.2, -0.15) is 0 Å². The van der Waals surface area contributed by atoms with E-state index in [1.165, 1.54) is 17.7 Å². The molecule has 136 valence electrons. The Kier molecular flexibility index (Phi) is 6.76. The summed E-state index contributed by atoms with van der Waals surface area (Å²) in [7, 11) is 3.14. The van der Waals surface area contributed by atoms with E-state index in [-0.39, 0.29) is 5.91 Å². The van der Waals surface area contributed by atoms with Crippen molar-refractivity contribution in [1.29, 1.82) is 0 Å². The molecule has 0 bridgehead atoms. The number of rotatable bonds is 5.